The SMILES string of the molecule is Cc1cccc([C@@H](c2sc3nc(-c4ccco4)nn3c2O)[NH+]2CCOCC2)c1. The second kappa shape index (κ2) is 7.05. The number of rotatable bonds is 4. The van der Waals surface area contributed by atoms with Gasteiger partial charge in [0.1, 0.15) is 18.0 Å². The number of morpholine rings is 1. The van der Waals surface area contributed by atoms with Gasteiger partial charge in [-0.15, -0.1) is 5.10 Å². The Hall–Kier alpha value is -2.68. The van der Waals surface area contributed by atoms with Crippen molar-refractivity contribution in [3.8, 4) is 17.5 Å². The van der Waals surface area contributed by atoms with E-state index >= 15 is 0 Å². The molecular formula is C20H21N4O3S+. The Bertz CT molecular complexity index is 1100. The van der Waals surface area contributed by atoms with Gasteiger partial charge >= 0.3 is 0 Å². The number of quaternary nitrogens is 1. The second-order valence-electron chi connectivity index (χ2n) is 7.01. The summed E-state index contributed by atoms with van der Waals surface area (Å²) in [5.41, 5.74) is 2.39. The van der Waals surface area contributed by atoms with E-state index < -0.39 is 0 Å². The number of benzene rings is 1. The molecule has 0 amide bonds. The maximum absolute atomic E-state index is 11.0. The normalized spacial score (nSPS) is 16.6. The van der Waals surface area contributed by atoms with Gasteiger partial charge in [0.05, 0.1) is 19.5 Å². The first-order valence-electron chi connectivity index (χ1n) is 9.32. The number of hydrogen-bond donors (Lipinski definition) is 2. The second-order valence-corrected chi connectivity index (χ2v) is 8.02. The first-order valence-corrected chi connectivity index (χ1v) is 10.1. The molecule has 5 rings (SSSR count). The van der Waals surface area contributed by atoms with Crippen LogP contribution in [-0.4, -0.2) is 46.0 Å². The number of furan rings is 1. The molecule has 2 N–H and O–H groups in total. The van der Waals surface area contributed by atoms with Gasteiger partial charge in [0.15, 0.2) is 11.8 Å². The smallest absolute Gasteiger partial charge is 0.235 e. The molecule has 3 aromatic heterocycles. The minimum absolute atomic E-state index is 0.0179. The fourth-order valence-corrected chi connectivity index (χ4v) is 4.93. The van der Waals surface area contributed by atoms with Crippen molar-refractivity contribution in [2.24, 2.45) is 0 Å². The summed E-state index contributed by atoms with van der Waals surface area (Å²) in [5.74, 6) is 1.21. The first kappa shape index (κ1) is 17.4. The Morgan fingerprint density at radius 2 is 2.07 bits per heavy atom. The maximum Gasteiger partial charge on any atom is 0.235 e. The predicted octanol–water partition coefficient (Wildman–Crippen LogP) is 2.07. The van der Waals surface area contributed by atoms with Crippen LogP contribution in [0.3, 0.4) is 0 Å². The van der Waals surface area contributed by atoms with Gasteiger partial charge in [0.25, 0.3) is 0 Å². The summed E-state index contributed by atoms with van der Waals surface area (Å²) in [6, 6.07) is 12.1. The molecule has 144 valence electrons. The van der Waals surface area contributed by atoms with E-state index in [9.17, 15) is 5.11 Å². The van der Waals surface area contributed by atoms with Crippen LogP contribution in [0.2, 0.25) is 0 Å². The number of fused-ring (bicyclic) bond motifs is 1. The molecule has 0 aliphatic carbocycles. The molecule has 28 heavy (non-hydrogen) atoms. The minimum Gasteiger partial charge on any atom is -0.492 e. The largest absolute Gasteiger partial charge is 0.492 e. The molecule has 0 unspecified atom stereocenters. The first-order chi connectivity index (χ1) is 13.7. The lowest BCUT2D eigenvalue weighted by molar-refractivity contribution is -0.932. The van der Waals surface area contributed by atoms with E-state index in [-0.39, 0.29) is 11.9 Å². The average Bonchev–Trinajstić information content (AvgIpc) is 3.42. The number of nitrogens with one attached hydrogen (secondary N) is 1. The molecule has 1 aromatic carbocycles. The van der Waals surface area contributed by atoms with Crippen LogP contribution >= 0.6 is 11.3 Å². The highest BCUT2D eigenvalue weighted by molar-refractivity contribution is 7.17. The third-order valence-electron chi connectivity index (χ3n) is 5.12. The van der Waals surface area contributed by atoms with Gasteiger partial charge < -0.3 is 19.2 Å². The summed E-state index contributed by atoms with van der Waals surface area (Å²) in [6.45, 7) is 5.32. The fraction of sp³-hybridized carbons (Fsp3) is 0.300. The Balaban J connectivity index is 1.60. The molecule has 4 heterocycles. The summed E-state index contributed by atoms with van der Waals surface area (Å²) in [6.07, 6.45) is 1.59. The molecule has 0 spiro atoms. The van der Waals surface area contributed by atoms with E-state index in [1.165, 1.54) is 31.9 Å². The molecule has 8 heteroatoms. The van der Waals surface area contributed by atoms with Crippen LogP contribution in [0, 0.1) is 6.92 Å². The lowest BCUT2D eigenvalue weighted by Crippen LogP contribution is -3.14. The summed E-state index contributed by atoms with van der Waals surface area (Å²) < 4.78 is 12.5. The Morgan fingerprint density at radius 1 is 1.21 bits per heavy atom. The summed E-state index contributed by atoms with van der Waals surface area (Å²) in [5, 5.41) is 15.5. The molecule has 0 saturated carbocycles. The van der Waals surface area contributed by atoms with E-state index in [0.29, 0.717) is 16.5 Å². The van der Waals surface area contributed by atoms with Crippen LogP contribution in [0.5, 0.6) is 5.88 Å². The number of aromatic nitrogens is 3. The topological polar surface area (TPSA) is 77.2 Å². The molecule has 1 atom stereocenters. The van der Waals surface area contributed by atoms with Gasteiger partial charge in [-0.05, 0) is 25.1 Å². The number of thiazole rings is 1. The Morgan fingerprint density at radius 3 is 2.79 bits per heavy atom. The van der Waals surface area contributed by atoms with Crippen molar-refractivity contribution in [1.82, 2.24) is 14.6 Å². The summed E-state index contributed by atoms with van der Waals surface area (Å²) in [7, 11) is 0. The number of ether oxygens (including phenoxy) is 1. The molecule has 1 aliphatic rings. The van der Waals surface area contributed by atoms with Crippen molar-refractivity contribution in [1.29, 1.82) is 0 Å². The zero-order valence-electron chi connectivity index (χ0n) is 15.5. The van der Waals surface area contributed by atoms with Crippen LogP contribution in [0.25, 0.3) is 16.5 Å². The number of hydrogen-bond acceptors (Lipinski definition) is 6. The van der Waals surface area contributed by atoms with E-state index in [1.807, 2.05) is 6.07 Å². The van der Waals surface area contributed by atoms with Crippen molar-refractivity contribution in [3.05, 3.63) is 58.7 Å². The van der Waals surface area contributed by atoms with Gasteiger partial charge in [-0.25, -0.2) is 0 Å². The molecule has 1 saturated heterocycles. The predicted molar refractivity (Wildman–Crippen MR) is 105 cm³/mol. The van der Waals surface area contributed by atoms with Gasteiger partial charge in [-0.2, -0.15) is 9.50 Å². The van der Waals surface area contributed by atoms with Gasteiger partial charge in [-0.3, -0.25) is 0 Å². The number of aryl methyl sites for hydroxylation is 1. The van der Waals surface area contributed by atoms with E-state index in [1.54, 1.807) is 12.3 Å². The number of aromatic hydroxyl groups is 1. The fourth-order valence-electron chi connectivity index (χ4n) is 3.79. The van der Waals surface area contributed by atoms with Crippen LogP contribution in [0.15, 0.2) is 47.1 Å². The lowest BCUT2D eigenvalue weighted by Gasteiger charge is -2.31. The lowest BCUT2D eigenvalue weighted by atomic mass is 10.0. The van der Waals surface area contributed by atoms with E-state index in [0.717, 1.165) is 31.2 Å². The maximum atomic E-state index is 11.0. The molecule has 7 nitrogen and oxygen atoms in total. The van der Waals surface area contributed by atoms with Gasteiger partial charge in [-0.1, -0.05) is 35.1 Å². The minimum atomic E-state index is 0.0179. The number of nitrogens with zero attached hydrogens (tertiary/aromatic N) is 3. The molecule has 1 aliphatic heterocycles. The molecule has 0 radical (unpaired) electrons. The highest BCUT2D eigenvalue weighted by Gasteiger charge is 2.34. The van der Waals surface area contributed by atoms with Crippen molar-refractivity contribution in [3.63, 3.8) is 0 Å². The van der Waals surface area contributed by atoms with Gasteiger partial charge in [0, 0.05) is 5.56 Å². The standard InChI is InChI=1S/C20H20N4O3S/c1-13-4-2-5-14(12-13)16(23-7-10-26-11-8-23)17-19(25)24-20(28-17)21-18(22-24)15-6-3-9-27-15/h2-6,9,12,16,25H,7-8,10-11H2,1H3/p+1/t16-/m0/s1. The van der Waals surface area contributed by atoms with Crippen molar-refractivity contribution >= 4 is 16.3 Å². The van der Waals surface area contributed by atoms with Crippen molar-refractivity contribution in [2.45, 2.75) is 13.0 Å². The quantitative estimate of drug-likeness (QED) is 0.551. The summed E-state index contributed by atoms with van der Waals surface area (Å²) in [4.78, 5) is 7.47. The van der Waals surface area contributed by atoms with E-state index in [2.05, 4.69) is 41.3 Å². The zero-order chi connectivity index (χ0) is 19.1. The van der Waals surface area contributed by atoms with Crippen LogP contribution in [-0.2, 0) is 4.74 Å². The molecule has 1 fully saturated rings. The van der Waals surface area contributed by atoms with Crippen molar-refractivity contribution in [2.75, 3.05) is 26.3 Å². The molecule has 4 aromatic rings. The van der Waals surface area contributed by atoms with Gasteiger partial charge in [0.2, 0.25) is 16.7 Å². The van der Waals surface area contributed by atoms with Crippen LogP contribution < -0.4 is 4.90 Å². The molecular weight excluding hydrogens is 376 g/mol. The third-order valence-corrected chi connectivity index (χ3v) is 6.21. The highest BCUT2D eigenvalue weighted by atomic mass is 32.1. The Kier molecular flexibility index (Phi) is 4.38. The molecule has 0 bridgehead atoms. The zero-order valence-corrected chi connectivity index (χ0v) is 16.3. The van der Waals surface area contributed by atoms with Crippen LogP contribution in [0.4, 0.5) is 0 Å². The Labute approximate surface area is 165 Å². The average molecular weight is 397 g/mol. The summed E-state index contributed by atoms with van der Waals surface area (Å²) >= 11 is 1.48. The third kappa shape index (κ3) is 2.99. The highest BCUT2D eigenvalue weighted by Crippen LogP contribution is 2.36. The van der Waals surface area contributed by atoms with E-state index in [4.69, 9.17) is 9.15 Å². The van der Waals surface area contributed by atoms with Crippen molar-refractivity contribution < 1.29 is 19.2 Å². The monoisotopic (exact) mass is 397 g/mol. The van der Waals surface area contributed by atoms with Crippen LogP contribution in [0.1, 0.15) is 22.0 Å².